The van der Waals surface area contributed by atoms with Crippen molar-refractivity contribution in [2.75, 3.05) is 21.3 Å². The Morgan fingerprint density at radius 3 is 1.89 bits per heavy atom. The summed E-state index contributed by atoms with van der Waals surface area (Å²) in [4.78, 5) is 13.7. The van der Waals surface area contributed by atoms with Gasteiger partial charge >= 0.3 is 0 Å². The molecule has 27 heavy (non-hydrogen) atoms. The molecule has 0 spiro atoms. The Balaban J connectivity index is 1.99. The number of ether oxygens (including phenoxy) is 3. The molecule has 1 heterocycles. The van der Waals surface area contributed by atoms with E-state index >= 15 is 0 Å². The zero-order chi connectivity index (χ0) is 19.6. The van der Waals surface area contributed by atoms with E-state index in [-0.39, 0.29) is 5.78 Å². The Labute approximate surface area is 163 Å². The molecule has 0 saturated heterocycles. The Kier molecular flexibility index (Phi) is 5.51. The third-order valence-corrected chi connectivity index (χ3v) is 5.23. The lowest BCUT2D eigenvalue weighted by Crippen LogP contribution is -2.02. The second kappa shape index (κ2) is 7.84. The topological polar surface area (TPSA) is 44.8 Å². The molecule has 0 saturated carbocycles. The number of methoxy groups -OCH3 is 3. The Hall–Kier alpha value is -2.79. The fourth-order valence-electron chi connectivity index (χ4n) is 3.10. The highest BCUT2D eigenvalue weighted by atomic mass is 32.1. The maximum atomic E-state index is 13.0. The molecule has 0 fully saturated rings. The lowest BCUT2D eigenvalue weighted by Gasteiger charge is -2.13. The number of aryl methyl sites for hydroxylation is 2. The fraction of sp³-hybridized carbons (Fsp3) is 0.227. The number of carbonyl (C=O) groups excluding carboxylic acids is 1. The average Bonchev–Trinajstić information content (AvgIpc) is 3.15. The summed E-state index contributed by atoms with van der Waals surface area (Å²) in [5, 5.41) is 2.01. The summed E-state index contributed by atoms with van der Waals surface area (Å²) in [5.74, 6) is 1.33. The fourth-order valence-corrected chi connectivity index (χ4v) is 3.98. The van der Waals surface area contributed by atoms with E-state index < -0.39 is 0 Å². The predicted molar refractivity (Wildman–Crippen MR) is 109 cm³/mol. The monoisotopic (exact) mass is 382 g/mol. The summed E-state index contributed by atoms with van der Waals surface area (Å²) < 4.78 is 16.0. The van der Waals surface area contributed by atoms with E-state index in [0.717, 1.165) is 11.1 Å². The van der Waals surface area contributed by atoms with Crippen molar-refractivity contribution < 1.29 is 19.0 Å². The van der Waals surface area contributed by atoms with Gasteiger partial charge in [-0.1, -0.05) is 29.3 Å². The van der Waals surface area contributed by atoms with Crippen molar-refractivity contribution in [2.45, 2.75) is 13.8 Å². The molecule has 4 nitrogen and oxygen atoms in total. The molecule has 0 atom stereocenters. The highest BCUT2D eigenvalue weighted by Crippen LogP contribution is 2.39. The second-order valence-corrected chi connectivity index (χ2v) is 7.23. The summed E-state index contributed by atoms with van der Waals surface area (Å²) in [7, 11) is 4.61. The van der Waals surface area contributed by atoms with Crippen LogP contribution in [0.4, 0.5) is 0 Å². The first-order chi connectivity index (χ1) is 13.0. The van der Waals surface area contributed by atoms with Gasteiger partial charge < -0.3 is 14.2 Å². The van der Waals surface area contributed by atoms with Gasteiger partial charge in [0.05, 0.1) is 26.2 Å². The quantitative estimate of drug-likeness (QED) is 0.544. The van der Waals surface area contributed by atoms with Gasteiger partial charge in [0, 0.05) is 5.56 Å². The number of hydrogen-bond acceptors (Lipinski definition) is 5. The molecule has 0 radical (unpaired) electrons. The number of hydrogen-bond donors (Lipinski definition) is 0. The van der Waals surface area contributed by atoms with Crippen LogP contribution in [0.25, 0.3) is 11.1 Å². The Morgan fingerprint density at radius 2 is 1.37 bits per heavy atom. The highest BCUT2D eigenvalue weighted by molar-refractivity contribution is 7.12. The van der Waals surface area contributed by atoms with E-state index in [1.807, 2.05) is 11.4 Å². The average molecular weight is 382 g/mol. The number of benzene rings is 2. The predicted octanol–water partition coefficient (Wildman–Crippen LogP) is 5.29. The first kappa shape index (κ1) is 19.0. The number of thiophene rings is 1. The van der Waals surface area contributed by atoms with Crippen LogP contribution in [0.1, 0.15) is 26.4 Å². The highest BCUT2D eigenvalue weighted by Gasteiger charge is 2.19. The van der Waals surface area contributed by atoms with E-state index in [4.69, 9.17) is 14.2 Å². The molecule has 3 rings (SSSR count). The lowest BCUT2D eigenvalue weighted by atomic mass is 10.0. The molecule has 0 bridgehead atoms. The maximum absolute atomic E-state index is 13.0. The molecular formula is C22H22O4S. The molecule has 0 N–H and O–H groups in total. The van der Waals surface area contributed by atoms with E-state index in [2.05, 4.69) is 32.0 Å². The van der Waals surface area contributed by atoms with Gasteiger partial charge in [-0.3, -0.25) is 4.79 Å². The maximum Gasteiger partial charge on any atom is 0.203 e. The zero-order valence-corrected chi connectivity index (χ0v) is 16.9. The number of rotatable bonds is 6. The largest absolute Gasteiger partial charge is 0.493 e. The van der Waals surface area contributed by atoms with Crippen LogP contribution in [-0.2, 0) is 0 Å². The van der Waals surface area contributed by atoms with Crippen LogP contribution in [-0.4, -0.2) is 27.1 Å². The summed E-state index contributed by atoms with van der Waals surface area (Å²) in [6.07, 6.45) is 0. The SMILES string of the molecule is COc1cc(C(=O)c2cc(-c3cc(C)cc(C)c3)cs2)cc(OC)c1OC. The molecule has 3 aromatic rings. The summed E-state index contributed by atoms with van der Waals surface area (Å²) in [6.45, 7) is 4.15. The van der Waals surface area contributed by atoms with Gasteiger partial charge in [0.25, 0.3) is 0 Å². The van der Waals surface area contributed by atoms with Crippen molar-refractivity contribution in [1.29, 1.82) is 0 Å². The minimum Gasteiger partial charge on any atom is -0.493 e. The van der Waals surface area contributed by atoms with Crippen LogP contribution in [0.5, 0.6) is 17.2 Å². The Bertz CT molecular complexity index is 942. The number of ketones is 1. The van der Waals surface area contributed by atoms with E-state index in [0.29, 0.717) is 27.7 Å². The second-order valence-electron chi connectivity index (χ2n) is 6.32. The van der Waals surface area contributed by atoms with Crippen molar-refractivity contribution in [1.82, 2.24) is 0 Å². The smallest absolute Gasteiger partial charge is 0.203 e. The molecule has 0 aliphatic rings. The van der Waals surface area contributed by atoms with Crippen LogP contribution >= 0.6 is 11.3 Å². The minimum absolute atomic E-state index is 0.0742. The van der Waals surface area contributed by atoms with Crippen molar-refractivity contribution in [3.63, 3.8) is 0 Å². The Morgan fingerprint density at radius 1 is 0.778 bits per heavy atom. The molecule has 0 aliphatic carbocycles. The van der Waals surface area contributed by atoms with Gasteiger partial charge in [-0.05, 0) is 48.6 Å². The van der Waals surface area contributed by atoms with Gasteiger partial charge in [-0.2, -0.15) is 0 Å². The van der Waals surface area contributed by atoms with E-state index in [1.165, 1.54) is 43.8 Å². The standard InChI is InChI=1S/C22H22O4S/c1-13-6-14(2)8-15(7-13)17-11-20(27-12-17)21(23)16-9-18(24-3)22(26-5)19(10-16)25-4/h6-12H,1-5H3. The first-order valence-electron chi connectivity index (χ1n) is 8.48. The molecule has 0 amide bonds. The molecule has 0 aliphatic heterocycles. The van der Waals surface area contributed by atoms with Gasteiger partial charge in [-0.15, -0.1) is 11.3 Å². The summed E-state index contributed by atoms with van der Waals surface area (Å²) >= 11 is 1.43. The van der Waals surface area contributed by atoms with Crippen LogP contribution in [0.3, 0.4) is 0 Å². The van der Waals surface area contributed by atoms with E-state index in [1.54, 1.807) is 12.1 Å². The summed E-state index contributed by atoms with van der Waals surface area (Å²) in [6, 6.07) is 11.7. The molecule has 1 aromatic heterocycles. The van der Waals surface area contributed by atoms with Gasteiger partial charge in [0.15, 0.2) is 11.5 Å². The lowest BCUT2D eigenvalue weighted by molar-refractivity contribution is 0.104. The third kappa shape index (κ3) is 3.83. The van der Waals surface area contributed by atoms with Crippen LogP contribution in [0, 0.1) is 13.8 Å². The zero-order valence-electron chi connectivity index (χ0n) is 16.1. The third-order valence-electron chi connectivity index (χ3n) is 4.31. The van der Waals surface area contributed by atoms with Crippen molar-refractivity contribution in [3.05, 3.63) is 63.3 Å². The van der Waals surface area contributed by atoms with Crippen LogP contribution in [0.2, 0.25) is 0 Å². The molecule has 2 aromatic carbocycles. The van der Waals surface area contributed by atoms with Crippen molar-refractivity contribution >= 4 is 17.1 Å². The van der Waals surface area contributed by atoms with Crippen molar-refractivity contribution in [3.8, 4) is 28.4 Å². The van der Waals surface area contributed by atoms with Gasteiger partial charge in [-0.25, -0.2) is 0 Å². The van der Waals surface area contributed by atoms with Gasteiger partial charge in [0.2, 0.25) is 11.5 Å². The minimum atomic E-state index is -0.0742. The molecular weight excluding hydrogens is 360 g/mol. The summed E-state index contributed by atoms with van der Waals surface area (Å²) in [5.41, 5.74) is 5.07. The van der Waals surface area contributed by atoms with Gasteiger partial charge in [0.1, 0.15) is 0 Å². The van der Waals surface area contributed by atoms with E-state index in [9.17, 15) is 4.79 Å². The molecule has 5 heteroatoms. The van der Waals surface area contributed by atoms with Crippen LogP contribution in [0.15, 0.2) is 41.8 Å². The number of carbonyl (C=O) groups is 1. The molecule has 0 unspecified atom stereocenters. The van der Waals surface area contributed by atoms with Crippen molar-refractivity contribution in [2.24, 2.45) is 0 Å². The first-order valence-corrected chi connectivity index (χ1v) is 9.36. The van der Waals surface area contributed by atoms with Crippen LogP contribution < -0.4 is 14.2 Å². The molecule has 140 valence electrons. The normalized spacial score (nSPS) is 10.6.